The van der Waals surface area contributed by atoms with Crippen LogP contribution in [0.4, 0.5) is 5.69 Å². The molecule has 0 bridgehead atoms. The summed E-state index contributed by atoms with van der Waals surface area (Å²) in [6, 6.07) is 5.14. The van der Waals surface area contributed by atoms with Gasteiger partial charge < -0.3 is 5.32 Å². The molecule has 0 saturated heterocycles. The highest BCUT2D eigenvalue weighted by atomic mass is 35.5. The summed E-state index contributed by atoms with van der Waals surface area (Å²) in [7, 11) is -3.32. The summed E-state index contributed by atoms with van der Waals surface area (Å²) < 4.78 is 24.9. The first-order chi connectivity index (χ1) is 10.1. The molecule has 0 fully saturated rings. The topological polar surface area (TPSA) is 66.5 Å². The molecule has 7 heteroatoms. The predicted molar refractivity (Wildman–Crippen MR) is 90.7 cm³/mol. The van der Waals surface area contributed by atoms with Crippen LogP contribution in [-0.2, 0) is 14.8 Å². The monoisotopic (exact) mass is 346 g/mol. The Labute approximate surface area is 137 Å². The summed E-state index contributed by atoms with van der Waals surface area (Å²) in [6.45, 7) is 5.79. The van der Waals surface area contributed by atoms with Crippen LogP contribution in [0.1, 0.15) is 32.3 Å². The third kappa shape index (κ3) is 5.59. The van der Waals surface area contributed by atoms with E-state index in [0.29, 0.717) is 17.1 Å². The van der Waals surface area contributed by atoms with Crippen LogP contribution in [0.5, 0.6) is 0 Å². The van der Waals surface area contributed by atoms with Crippen LogP contribution in [0.25, 0.3) is 0 Å². The number of aryl methyl sites for hydroxylation is 1. The number of hydrogen-bond acceptors (Lipinski definition) is 3. The number of carbonyl (C=O) groups is 1. The van der Waals surface area contributed by atoms with Gasteiger partial charge >= 0.3 is 0 Å². The highest BCUT2D eigenvalue weighted by molar-refractivity contribution is 7.88. The summed E-state index contributed by atoms with van der Waals surface area (Å²) >= 11 is 6.01. The SMILES string of the molecule is CCC(C)N(CCC(=O)Nc1ccc(C)c(Cl)c1)S(C)(=O)=O. The molecule has 1 N–H and O–H groups in total. The van der Waals surface area contributed by atoms with E-state index in [2.05, 4.69) is 5.32 Å². The van der Waals surface area contributed by atoms with Crippen LogP contribution in [0.15, 0.2) is 18.2 Å². The number of sulfonamides is 1. The lowest BCUT2D eigenvalue weighted by Crippen LogP contribution is -2.39. The molecular formula is C15H23ClN2O3S. The third-order valence-electron chi connectivity index (χ3n) is 3.52. The van der Waals surface area contributed by atoms with Crippen molar-refractivity contribution in [2.24, 2.45) is 0 Å². The molecule has 0 spiro atoms. The van der Waals surface area contributed by atoms with Crippen LogP contribution in [-0.4, -0.2) is 37.5 Å². The second-order valence-corrected chi connectivity index (χ2v) is 7.74. The first kappa shape index (κ1) is 18.9. The number of carbonyl (C=O) groups excluding carboxylic acids is 1. The molecule has 1 aromatic carbocycles. The maximum absolute atomic E-state index is 12.0. The molecule has 1 atom stereocenters. The van der Waals surface area contributed by atoms with Crippen molar-refractivity contribution in [3.05, 3.63) is 28.8 Å². The Balaban J connectivity index is 2.66. The molecule has 1 rings (SSSR count). The normalized spacial score (nSPS) is 13.2. The minimum absolute atomic E-state index is 0.100. The Hall–Kier alpha value is -1.11. The van der Waals surface area contributed by atoms with Crippen molar-refractivity contribution in [2.45, 2.75) is 39.7 Å². The van der Waals surface area contributed by atoms with E-state index in [1.165, 1.54) is 4.31 Å². The lowest BCUT2D eigenvalue weighted by atomic mass is 10.2. The lowest BCUT2D eigenvalue weighted by molar-refractivity contribution is -0.116. The smallest absolute Gasteiger partial charge is 0.225 e. The van der Waals surface area contributed by atoms with Crippen LogP contribution < -0.4 is 5.32 Å². The molecule has 1 aromatic rings. The average Bonchev–Trinajstić information content (AvgIpc) is 2.41. The molecule has 0 heterocycles. The molecule has 124 valence electrons. The van der Waals surface area contributed by atoms with E-state index in [-0.39, 0.29) is 24.9 Å². The van der Waals surface area contributed by atoms with Gasteiger partial charge in [-0.2, -0.15) is 4.31 Å². The molecular weight excluding hydrogens is 324 g/mol. The second kappa shape index (κ2) is 7.94. The van der Waals surface area contributed by atoms with E-state index >= 15 is 0 Å². The maximum Gasteiger partial charge on any atom is 0.225 e. The number of benzene rings is 1. The van der Waals surface area contributed by atoms with E-state index < -0.39 is 10.0 Å². The number of amides is 1. The maximum atomic E-state index is 12.0. The Bertz CT molecular complexity index is 632. The molecule has 0 aliphatic heterocycles. The van der Waals surface area contributed by atoms with Gasteiger partial charge in [-0.1, -0.05) is 24.6 Å². The van der Waals surface area contributed by atoms with Crippen LogP contribution in [0.3, 0.4) is 0 Å². The molecule has 1 amide bonds. The summed E-state index contributed by atoms with van der Waals surface area (Å²) in [5, 5.41) is 3.31. The quantitative estimate of drug-likeness (QED) is 0.825. The largest absolute Gasteiger partial charge is 0.326 e. The molecule has 0 radical (unpaired) electrons. The summed E-state index contributed by atoms with van der Waals surface area (Å²) in [5.41, 5.74) is 1.54. The molecule has 5 nitrogen and oxygen atoms in total. The first-order valence-electron chi connectivity index (χ1n) is 7.18. The number of halogens is 1. The Kier molecular flexibility index (Phi) is 6.84. The van der Waals surface area contributed by atoms with Crippen molar-refractivity contribution in [1.29, 1.82) is 0 Å². The minimum atomic E-state index is -3.32. The Morgan fingerprint density at radius 2 is 2.05 bits per heavy atom. The van der Waals surface area contributed by atoms with Crippen molar-refractivity contribution in [3.8, 4) is 0 Å². The standard InChI is InChI=1S/C15H23ClN2O3S/c1-5-12(3)18(22(4,20)21)9-8-15(19)17-13-7-6-11(2)14(16)10-13/h6-7,10,12H,5,8-9H2,1-4H3,(H,17,19). The number of hydrogen-bond donors (Lipinski definition) is 1. The zero-order valence-electron chi connectivity index (χ0n) is 13.4. The number of rotatable bonds is 7. The highest BCUT2D eigenvalue weighted by Gasteiger charge is 2.22. The van der Waals surface area contributed by atoms with Gasteiger partial charge in [0.2, 0.25) is 15.9 Å². The van der Waals surface area contributed by atoms with E-state index in [1.54, 1.807) is 12.1 Å². The fourth-order valence-corrected chi connectivity index (χ4v) is 3.43. The lowest BCUT2D eigenvalue weighted by Gasteiger charge is -2.25. The Morgan fingerprint density at radius 3 is 2.55 bits per heavy atom. The van der Waals surface area contributed by atoms with Crippen molar-refractivity contribution in [1.82, 2.24) is 4.31 Å². The van der Waals surface area contributed by atoms with Gasteiger partial charge in [-0.3, -0.25) is 4.79 Å². The summed E-state index contributed by atoms with van der Waals surface area (Å²) in [5.74, 6) is -0.239. The van der Waals surface area contributed by atoms with Gasteiger partial charge in [-0.25, -0.2) is 8.42 Å². The van der Waals surface area contributed by atoms with Gasteiger partial charge in [0.15, 0.2) is 0 Å². The van der Waals surface area contributed by atoms with Crippen molar-refractivity contribution < 1.29 is 13.2 Å². The molecule has 0 saturated carbocycles. The number of nitrogens with one attached hydrogen (secondary N) is 1. The second-order valence-electron chi connectivity index (χ2n) is 5.39. The van der Waals surface area contributed by atoms with Crippen LogP contribution >= 0.6 is 11.6 Å². The third-order valence-corrected chi connectivity index (χ3v) is 5.32. The van der Waals surface area contributed by atoms with Gasteiger partial charge in [0.1, 0.15) is 0 Å². The van der Waals surface area contributed by atoms with Crippen LogP contribution in [0.2, 0.25) is 5.02 Å². The summed E-state index contributed by atoms with van der Waals surface area (Å²) in [6.07, 6.45) is 1.96. The molecule has 0 aliphatic rings. The highest BCUT2D eigenvalue weighted by Crippen LogP contribution is 2.20. The van der Waals surface area contributed by atoms with Gasteiger partial charge in [0.25, 0.3) is 0 Å². The fraction of sp³-hybridized carbons (Fsp3) is 0.533. The Morgan fingerprint density at radius 1 is 1.41 bits per heavy atom. The summed E-state index contributed by atoms with van der Waals surface area (Å²) in [4.78, 5) is 12.0. The van der Waals surface area contributed by atoms with Gasteiger partial charge in [0.05, 0.1) is 6.26 Å². The predicted octanol–water partition coefficient (Wildman–Crippen LogP) is 3.04. The van der Waals surface area contributed by atoms with Gasteiger partial charge in [-0.15, -0.1) is 0 Å². The van der Waals surface area contributed by atoms with Crippen molar-refractivity contribution >= 4 is 33.2 Å². The molecule has 0 aromatic heterocycles. The van der Waals surface area contributed by atoms with Crippen molar-refractivity contribution in [3.63, 3.8) is 0 Å². The number of anilines is 1. The molecule has 0 aliphatic carbocycles. The zero-order chi connectivity index (χ0) is 16.9. The fourth-order valence-electron chi connectivity index (χ4n) is 2.02. The average molecular weight is 347 g/mol. The minimum Gasteiger partial charge on any atom is -0.326 e. The van der Waals surface area contributed by atoms with E-state index in [4.69, 9.17) is 11.6 Å². The van der Waals surface area contributed by atoms with E-state index in [9.17, 15) is 13.2 Å². The van der Waals surface area contributed by atoms with Gasteiger partial charge in [-0.05, 0) is 38.0 Å². The van der Waals surface area contributed by atoms with Crippen molar-refractivity contribution in [2.75, 3.05) is 18.1 Å². The molecule has 22 heavy (non-hydrogen) atoms. The van der Waals surface area contributed by atoms with E-state index in [1.807, 2.05) is 26.8 Å². The van der Waals surface area contributed by atoms with Crippen LogP contribution in [0, 0.1) is 6.92 Å². The van der Waals surface area contributed by atoms with Gasteiger partial charge in [0, 0.05) is 29.7 Å². The number of nitrogens with zero attached hydrogens (tertiary/aromatic N) is 1. The van der Waals surface area contributed by atoms with E-state index in [0.717, 1.165) is 11.8 Å². The zero-order valence-corrected chi connectivity index (χ0v) is 15.0. The first-order valence-corrected chi connectivity index (χ1v) is 9.40. The molecule has 1 unspecified atom stereocenters.